The molecule has 33 heavy (non-hydrogen) atoms. The van der Waals surface area contributed by atoms with Crippen LogP contribution in [0.5, 0.6) is 11.5 Å². The standard InChI is InChI=1S/C21H15BrClF3N2O5/c1-3-33-17-7-10(13(22)9-16(17)32-2)6-12-18(29)27-20(31)28(19(12)30)15-8-11(21(24,25)26)4-5-14(15)23/h4-9H,3H2,1-2H3,(H,27,29,31)/b12-6+. The molecule has 4 amide bonds. The number of methoxy groups -OCH3 is 1. The van der Waals surface area contributed by atoms with Crippen LogP contribution in [0.25, 0.3) is 6.08 Å². The quantitative estimate of drug-likeness (QED) is 0.411. The molecule has 0 saturated carbocycles. The zero-order valence-electron chi connectivity index (χ0n) is 17.0. The summed E-state index contributed by atoms with van der Waals surface area (Å²) in [5.74, 6) is -1.46. The molecular weight excluding hydrogens is 533 g/mol. The smallest absolute Gasteiger partial charge is 0.416 e. The number of halogens is 5. The van der Waals surface area contributed by atoms with Crippen LogP contribution in [0.3, 0.4) is 0 Å². The number of hydrogen-bond donors (Lipinski definition) is 1. The normalized spacial score (nSPS) is 15.7. The summed E-state index contributed by atoms with van der Waals surface area (Å²) < 4.78 is 50.6. The lowest BCUT2D eigenvalue weighted by molar-refractivity contribution is -0.137. The van der Waals surface area contributed by atoms with E-state index in [1.54, 1.807) is 13.0 Å². The average molecular weight is 548 g/mol. The van der Waals surface area contributed by atoms with Crippen LogP contribution in [0.4, 0.5) is 23.7 Å². The molecule has 0 unspecified atom stereocenters. The molecule has 0 bridgehead atoms. The fraction of sp³-hybridized carbons (Fsp3) is 0.190. The summed E-state index contributed by atoms with van der Waals surface area (Å²) in [6.07, 6.45) is -3.57. The maximum Gasteiger partial charge on any atom is 0.416 e. The van der Waals surface area contributed by atoms with Gasteiger partial charge in [0, 0.05) is 4.47 Å². The van der Waals surface area contributed by atoms with Gasteiger partial charge in [-0.05, 0) is 48.9 Å². The number of barbiturate groups is 1. The monoisotopic (exact) mass is 546 g/mol. The molecule has 1 fully saturated rings. The van der Waals surface area contributed by atoms with Crippen molar-refractivity contribution < 1.29 is 37.0 Å². The summed E-state index contributed by atoms with van der Waals surface area (Å²) in [5, 5.41) is 1.66. The zero-order valence-corrected chi connectivity index (χ0v) is 19.4. The van der Waals surface area contributed by atoms with Gasteiger partial charge in [0.15, 0.2) is 11.5 Å². The predicted molar refractivity (Wildman–Crippen MR) is 117 cm³/mol. The molecule has 1 aliphatic heterocycles. The van der Waals surface area contributed by atoms with Gasteiger partial charge in [-0.25, -0.2) is 9.69 Å². The largest absolute Gasteiger partial charge is 0.493 e. The molecule has 12 heteroatoms. The van der Waals surface area contributed by atoms with Gasteiger partial charge in [-0.1, -0.05) is 27.5 Å². The number of ether oxygens (including phenoxy) is 2. The zero-order chi connectivity index (χ0) is 24.5. The van der Waals surface area contributed by atoms with Gasteiger partial charge < -0.3 is 9.47 Å². The first-order valence-electron chi connectivity index (χ1n) is 9.26. The van der Waals surface area contributed by atoms with Crippen molar-refractivity contribution >= 4 is 57.1 Å². The predicted octanol–water partition coefficient (Wildman–Crippen LogP) is 5.20. The molecule has 1 saturated heterocycles. The number of hydrogen-bond acceptors (Lipinski definition) is 5. The average Bonchev–Trinajstić information content (AvgIpc) is 2.73. The third-order valence-corrected chi connectivity index (χ3v) is 5.51. The van der Waals surface area contributed by atoms with Crippen molar-refractivity contribution in [3.63, 3.8) is 0 Å². The van der Waals surface area contributed by atoms with E-state index in [-0.39, 0.29) is 5.02 Å². The minimum absolute atomic E-state index is 0.288. The number of imide groups is 2. The molecule has 7 nitrogen and oxygen atoms in total. The number of carbonyl (C=O) groups is 3. The van der Waals surface area contributed by atoms with E-state index in [0.717, 1.165) is 6.07 Å². The highest BCUT2D eigenvalue weighted by atomic mass is 79.9. The maximum atomic E-state index is 13.2. The molecule has 0 aromatic heterocycles. The Morgan fingerprint density at radius 3 is 2.45 bits per heavy atom. The van der Waals surface area contributed by atoms with Crippen molar-refractivity contribution in [2.24, 2.45) is 0 Å². The second kappa shape index (κ2) is 9.44. The van der Waals surface area contributed by atoms with Gasteiger partial charge >= 0.3 is 12.2 Å². The first-order valence-corrected chi connectivity index (χ1v) is 10.4. The van der Waals surface area contributed by atoms with Gasteiger partial charge in [0.2, 0.25) is 0 Å². The van der Waals surface area contributed by atoms with E-state index in [4.69, 9.17) is 21.1 Å². The minimum atomic E-state index is -4.74. The summed E-state index contributed by atoms with van der Waals surface area (Å²) in [7, 11) is 1.43. The second-order valence-electron chi connectivity index (χ2n) is 6.58. The molecule has 1 aliphatic rings. The van der Waals surface area contributed by atoms with E-state index in [2.05, 4.69) is 15.9 Å². The van der Waals surface area contributed by atoms with E-state index >= 15 is 0 Å². The first-order chi connectivity index (χ1) is 15.5. The molecule has 1 heterocycles. The Labute approximate surface area is 199 Å². The number of amides is 4. The molecular formula is C21H15BrClF3N2O5. The number of benzene rings is 2. The molecule has 174 valence electrons. The molecule has 1 N–H and O–H groups in total. The van der Waals surface area contributed by atoms with E-state index in [1.807, 2.05) is 5.32 Å². The molecule has 0 spiro atoms. The molecule has 0 aliphatic carbocycles. The fourth-order valence-electron chi connectivity index (χ4n) is 2.98. The Balaban J connectivity index is 2.11. The highest BCUT2D eigenvalue weighted by Crippen LogP contribution is 2.38. The Kier molecular flexibility index (Phi) is 7.03. The second-order valence-corrected chi connectivity index (χ2v) is 7.84. The summed E-state index contributed by atoms with van der Waals surface area (Å²) in [6, 6.07) is 4.00. The molecule has 0 radical (unpaired) electrons. The van der Waals surface area contributed by atoms with E-state index in [9.17, 15) is 27.6 Å². The van der Waals surface area contributed by atoms with E-state index in [1.165, 1.54) is 19.3 Å². The van der Waals surface area contributed by atoms with Crippen LogP contribution in [-0.4, -0.2) is 31.6 Å². The summed E-state index contributed by atoms with van der Waals surface area (Å²) in [5.41, 5.74) is -1.82. The van der Waals surface area contributed by atoms with E-state index < -0.39 is 40.8 Å². The van der Waals surface area contributed by atoms with Gasteiger partial charge in [0.1, 0.15) is 5.57 Å². The number of carbonyl (C=O) groups excluding carboxylic acids is 3. The van der Waals surface area contributed by atoms with Crippen LogP contribution in [0.15, 0.2) is 40.4 Å². The van der Waals surface area contributed by atoms with Crippen molar-refractivity contribution in [2.45, 2.75) is 13.1 Å². The Morgan fingerprint density at radius 1 is 1.15 bits per heavy atom. The minimum Gasteiger partial charge on any atom is -0.493 e. The summed E-state index contributed by atoms with van der Waals surface area (Å²) >= 11 is 9.29. The highest BCUT2D eigenvalue weighted by molar-refractivity contribution is 9.10. The number of rotatable bonds is 5. The van der Waals surface area contributed by atoms with Gasteiger partial charge in [-0.15, -0.1) is 0 Å². The number of anilines is 1. The third-order valence-electron chi connectivity index (χ3n) is 4.50. The van der Waals surface area contributed by atoms with Crippen molar-refractivity contribution in [1.82, 2.24) is 5.32 Å². The Bertz CT molecular complexity index is 1180. The number of urea groups is 1. The van der Waals surface area contributed by atoms with Gasteiger partial charge in [0.05, 0.1) is 30.0 Å². The van der Waals surface area contributed by atoms with Crippen LogP contribution in [0.1, 0.15) is 18.1 Å². The van der Waals surface area contributed by atoms with Crippen molar-refractivity contribution in [2.75, 3.05) is 18.6 Å². The van der Waals surface area contributed by atoms with Gasteiger partial charge in [-0.3, -0.25) is 14.9 Å². The van der Waals surface area contributed by atoms with Gasteiger partial charge in [0.25, 0.3) is 11.8 Å². The summed E-state index contributed by atoms with van der Waals surface area (Å²) in [4.78, 5) is 38.3. The van der Waals surface area contributed by atoms with Crippen LogP contribution in [-0.2, 0) is 15.8 Å². The SMILES string of the molecule is CCOc1cc(/C=C2\C(=O)NC(=O)N(c3cc(C(F)(F)F)ccc3Cl)C2=O)c(Br)cc1OC. The van der Waals surface area contributed by atoms with Crippen LogP contribution >= 0.6 is 27.5 Å². The third kappa shape index (κ3) is 4.98. The number of nitrogens with zero attached hydrogens (tertiary/aromatic N) is 1. The Morgan fingerprint density at radius 2 is 1.85 bits per heavy atom. The van der Waals surface area contributed by atoms with Crippen molar-refractivity contribution in [3.05, 3.63) is 56.5 Å². The van der Waals surface area contributed by atoms with Crippen LogP contribution in [0.2, 0.25) is 5.02 Å². The topological polar surface area (TPSA) is 84.9 Å². The lowest BCUT2D eigenvalue weighted by atomic mass is 10.1. The maximum absolute atomic E-state index is 13.2. The summed E-state index contributed by atoms with van der Waals surface area (Å²) in [6.45, 7) is 2.06. The lowest BCUT2D eigenvalue weighted by Gasteiger charge is -2.27. The first kappa shape index (κ1) is 24.6. The fourth-order valence-corrected chi connectivity index (χ4v) is 3.62. The number of alkyl halides is 3. The highest BCUT2D eigenvalue weighted by Gasteiger charge is 2.39. The van der Waals surface area contributed by atoms with Crippen LogP contribution < -0.4 is 19.7 Å². The van der Waals surface area contributed by atoms with Crippen molar-refractivity contribution in [3.8, 4) is 11.5 Å². The molecule has 2 aromatic rings. The van der Waals surface area contributed by atoms with Crippen molar-refractivity contribution in [1.29, 1.82) is 0 Å². The van der Waals surface area contributed by atoms with Gasteiger partial charge in [-0.2, -0.15) is 13.2 Å². The number of nitrogens with one attached hydrogen (secondary N) is 1. The van der Waals surface area contributed by atoms with Crippen LogP contribution in [0, 0.1) is 0 Å². The molecule has 2 aromatic carbocycles. The molecule has 3 rings (SSSR count). The Hall–Kier alpha value is -3.05. The van der Waals surface area contributed by atoms with E-state index in [0.29, 0.717) is 45.2 Å². The lowest BCUT2D eigenvalue weighted by Crippen LogP contribution is -2.54. The molecule has 0 atom stereocenters.